The van der Waals surface area contributed by atoms with E-state index in [1.165, 1.54) is 12.3 Å². The van der Waals surface area contributed by atoms with Crippen LogP contribution in [0.5, 0.6) is 0 Å². The van der Waals surface area contributed by atoms with Crippen LogP contribution in [0.2, 0.25) is 5.02 Å². The summed E-state index contributed by atoms with van der Waals surface area (Å²) in [4.78, 5) is 0.276. The smallest absolute Gasteiger partial charge is 0.175 e. The van der Waals surface area contributed by atoms with E-state index in [1.807, 2.05) is 6.92 Å². The fourth-order valence-electron chi connectivity index (χ4n) is 1.61. The van der Waals surface area contributed by atoms with Crippen molar-refractivity contribution in [3.8, 4) is 0 Å². The Balaban J connectivity index is 3.29. The molecular weight excluding hydrogens is 246 g/mol. The van der Waals surface area contributed by atoms with Gasteiger partial charge in [-0.2, -0.15) is 0 Å². The summed E-state index contributed by atoms with van der Waals surface area (Å²) in [5.74, 6) is 0. The molecule has 0 aliphatic heterocycles. The van der Waals surface area contributed by atoms with Crippen LogP contribution in [0.1, 0.15) is 31.4 Å². The summed E-state index contributed by atoms with van der Waals surface area (Å²) in [7, 11) is -3.25. The highest BCUT2D eigenvalue weighted by Crippen LogP contribution is 2.27. The molecule has 0 amide bonds. The molecule has 0 saturated heterocycles. The predicted molar refractivity (Wildman–Crippen MR) is 66.4 cm³/mol. The molecule has 90 valence electrons. The van der Waals surface area contributed by atoms with Gasteiger partial charge in [0.25, 0.3) is 0 Å². The van der Waals surface area contributed by atoms with Crippen LogP contribution in [-0.2, 0) is 9.84 Å². The first-order chi connectivity index (χ1) is 7.36. The van der Waals surface area contributed by atoms with Crippen LogP contribution < -0.4 is 5.73 Å². The minimum absolute atomic E-state index is 0.276. The second-order valence-electron chi connectivity index (χ2n) is 3.85. The number of hydrogen-bond donors (Lipinski definition) is 1. The number of halogens is 1. The van der Waals surface area contributed by atoms with Crippen molar-refractivity contribution in [3.63, 3.8) is 0 Å². The second kappa shape index (κ2) is 5.17. The molecule has 1 atom stereocenters. The molecule has 1 rings (SSSR count). The average molecular weight is 262 g/mol. The Hall–Kier alpha value is -0.580. The summed E-state index contributed by atoms with van der Waals surface area (Å²) < 4.78 is 23.2. The third-order valence-corrected chi connectivity index (χ3v) is 3.78. The first-order valence-electron chi connectivity index (χ1n) is 5.11. The summed E-state index contributed by atoms with van der Waals surface area (Å²) in [6.45, 7) is 2.00. The van der Waals surface area contributed by atoms with Crippen molar-refractivity contribution in [2.45, 2.75) is 30.7 Å². The van der Waals surface area contributed by atoms with Crippen LogP contribution >= 0.6 is 11.6 Å². The summed E-state index contributed by atoms with van der Waals surface area (Å²) >= 11 is 5.86. The Labute approximate surface area is 102 Å². The number of sulfone groups is 1. The van der Waals surface area contributed by atoms with Crippen LogP contribution in [0.3, 0.4) is 0 Å². The molecule has 1 unspecified atom stereocenters. The van der Waals surface area contributed by atoms with E-state index in [4.69, 9.17) is 17.3 Å². The molecule has 5 heteroatoms. The van der Waals surface area contributed by atoms with E-state index in [9.17, 15) is 8.42 Å². The van der Waals surface area contributed by atoms with E-state index in [0.717, 1.165) is 12.8 Å². The third-order valence-electron chi connectivity index (χ3n) is 2.37. The van der Waals surface area contributed by atoms with Crippen LogP contribution in [-0.4, -0.2) is 14.7 Å². The van der Waals surface area contributed by atoms with Crippen molar-refractivity contribution in [1.29, 1.82) is 0 Å². The molecule has 3 nitrogen and oxygen atoms in total. The lowest BCUT2D eigenvalue weighted by Gasteiger charge is -2.15. The SMILES string of the molecule is CCCC(N)c1cc(Cl)ccc1S(C)(=O)=O. The Kier molecular flexibility index (Phi) is 4.35. The van der Waals surface area contributed by atoms with Crippen LogP contribution in [0.25, 0.3) is 0 Å². The zero-order valence-corrected chi connectivity index (χ0v) is 11.0. The van der Waals surface area contributed by atoms with Gasteiger partial charge in [0.1, 0.15) is 0 Å². The summed E-state index contributed by atoms with van der Waals surface area (Å²) in [6.07, 6.45) is 2.82. The molecule has 0 aliphatic rings. The van der Waals surface area contributed by atoms with E-state index in [2.05, 4.69) is 0 Å². The van der Waals surface area contributed by atoms with E-state index < -0.39 is 9.84 Å². The fraction of sp³-hybridized carbons (Fsp3) is 0.455. The van der Waals surface area contributed by atoms with Crippen molar-refractivity contribution >= 4 is 21.4 Å². The highest BCUT2D eigenvalue weighted by atomic mass is 35.5. The van der Waals surface area contributed by atoms with E-state index in [1.54, 1.807) is 12.1 Å². The minimum atomic E-state index is -3.25. The molecule has 0 saturated carbocycles. The number of hydrogen-bond acceptors (Lipinski definition) is 3. The van der Waals surface area contributed by atoms with Gasteiger partial charge in [0.05, 0.1) is 4.90 Å². The molecule has 0 spiro atoms. The molecular formula is C11H16ClNO2S. The quantitative estimate of drug-likeness (QED) is 0.906. The zero-order chi connectivity index (χ0) is 12.3. The predicted octanol–water partition coefficient (Wildman–Crippen LogP) is 2.54. The largest absolute Gasteiger partial charge is 0.324 e. The van der Waals surface area contributed by atoms with Gasteiger partial charge in [-0.15, -0.1) is 0 Å². The Bertz CT molecular complexity index is 471. The van der Waals surface area contributed by atoms with Crippen molar-refractivity contribution in [2.24, 2.45) is 5.73 Å². The lowest BCUT2D eigenvalue weighted by Crippen LogP contribution is -2.14. The number of rotatable bonds is 4. The maximum atomic E-state index is 11.6. The van der Waals surface area contributed by atoms with Gasteiger partial charge in [-0.05, 0) is 30.2 Å². The Morgan fingerprint density at radius 2 is 2.06 bits per heavy atom. The molecule has 0 heterocycles. The van der Waals surface area contributed by atoms with Crippen LogP contribution in [0.15, 0.2) is 23.1 Å². The highest BCUT2D eigenvalue weighted by molar-refractivity contribution is 7.90. The monoisotopic (exact) mass is 261 g/mol. The maximum absolute atomic E-state index is 11.6. The normalized spacial score (nSPS) is 13.8. The van der Waals surface area contributed by atoms with Gasteiger partial charge in [-0.1, -0.05) is 24.9 Å². The molecule has 0 radical (unpaired) electrons. The minimum Gasteiger partial charge on any atom is -0.324 e. The molecule has 1 aromatic carbocycles. The average Bonchev–Trinajstić information content (AvgIpc) is 2.16. The van der Waals surface area contributed by atoms with E-state index in [0.29, 0.717) is 10.6 Å². The molecule has 1 aromatic rings. The standard InChI is InChI=1S/C11H16ClNO2S/c1-3-4-10(13)9-7-8(12)5-6-11(9)16(2,14)15/h5-7,10H,3-4,13H2,1-2H3. The number of benzene rings is 1. The molecule has 0 bridgehead atoms. The van der Waals surface area contributed by atoms with E-state index >= 15 is 0 Å². The van der Waals surface area contributed by atoms with Crippen LogP contribution in [0, 0.1) is 0 Å². The van der Waals surface area contributed by atoms with Gasteiger partial charge >= 0.3 is 0 Å². The van der Waals surface area contributed by atoms with Crippen molar-refractivity contribution in [2.75, 3.05) is 6.26 Å². The van der Waals surface area contributed by atoms with Crippen molar-refractivity contribution in [3.05, 3.63) is 28.8 Å². The molecule has 2 N–H and O–H groups in total. The van der Waals surface area contributed by atoms with Gasteiger partial charge in [-0.3, -0.25) is 0 Å². The summed E-state index contributed by atoms with van der Waals surface area (Å²) in [5, 5.41) is 0.508. The highest BCUT2D eigenvalue weighted by Gasteiger charge is 2.17. The Morgan fingerprint density at radius 1 is 1.44 bits per heavy atom. The van der Waals surface area contributed by atoms with Gasteiger partial charge in [0.2, 0.25) is 0 Å². The van der Waals surface area contributed by atoms with Crippen LogP contribution in [0.4, 0.5) is 0 Å². The van der Waals surface area contributed by atoms with Gasteiger partial charge in [0, 0.05) is 17.3 Å². The van der Waals surface area contributed by atoms with Gasteiger partial charge in [0.15, 0.2) is 9.84 Å². The lowest BCUT2D eigenvalue weighted by molar-refractivity contribution is 0.591. The van der Waals surface area contributed by atoms with Gasteiger partial charge in [-0.25, -0.2) is 8.42 Å². The third kappa shape index (κ3) is 3.20. The first kappa shape index (κ1) is 13.5. The first-order valence-corrected chi connectivity index (χ1v) is 7.38. The van der Waals surface area contributed by atoms with Crippen molar-refractivity contribution in [1.82, 2.24) is 0 Å². The lowest BCUT2D eigenvalue weighted by atomic mass is 10.0. The fourth-order valence-corrected chi connectivity index (χ4v) is 2.75. The molecule has 16 heavy (non-hydrogen) atoms. The molecule has 0 aliphatic carbocycles. The zero-order valence-electron chi connectivity index (χ0n) is 9.40. The van der Waals surface area contributed by atoms with Crippen molar-refractivity contribution < 1.29 is 8.42 Å². The molecule has 0 aromatic heterocycles. The molecule has 0 fully saturated rings. The number of nitrogens with two attached hydrogens (primary N) is 1. The topological polar surface area (TPSA) is 60.2 Å². The second-order valence-corrected chi connectivity index (χ2v) is 6.27. The van der Waals surface area contributed by atoms with E-state index in [-0.39, 0.29) is 10.9 Å². The summed E-state index contributed by atoms with van der Waals surface area (Å²) in [6, 6.07) is 4.44. The van der Waals surface area contributed by atoms with Gasteiger partial charge < -0.3 is 5.73 Å². The Morgan fingerprint density at radius 3 is 2.56 bits per heavy atom. The maximum Gasteiger partial charge on any atom is 0.175 e. The summed E-state index contributed by atoms with van der Waals surface area (Å²) in [5.41, 5.74) is 6.56.